The van der Waals surface area contributed by atoms with Gasteiger partial charge in [0, 0.05) is 24.3 Å². The molecule has 0 fully saturated rings. The summed E-state index contributed by atoms with van der Waals surface area (Å²) in [6.45, 7) is 5.20. The highest BCUT2D eigenvalue weighted by molar-refractivity contribution is 5.45. The smallest absolute Gasteiger partial charge is 0.0579 e. The second kappa shape index (κ2) is 7.01. The van der Waals surface area contributed by atoms with Gasteiger partial charge in [-0.05, 0) is 55.6 Å². The quantitative estimate of drug-likeness (QED) is 0.847. The summed E-state index contributed by atoms with van der Waals surface area (Å²) in [5.41, 5.74) is 10.1. The van der Waals surface area contributed by atoms with E-state index < -0.39 is 0 Å². The second-order valence-corrected chi connectivity index (χ2v) is 5.04. The fourth-order valence-corrected chi connectivity index (χ4v) is 2.18. The van der Waals surface area contributed by atoms with Crippen LogP contribution in [0, 0.1) is 6.92 Å². The summed E-state index contributed by atoms with van der Waals surface area (Å²) in [5.74, 6) is 0. The maximum absolute atomic E-state index is 6.02. The van der Waals surface area contributed by atoms with Crippen LogP contribution in [0.3, 0.4) is 0 Å². The molecule has 20 heavy (non-hydrogen) atoms. The van der Waals surface area contributed by atoms with Crippen LogP contribution >= 0.6 is 0 Å². The molecule has 0 aromatic carbocycles. The van der Waals surface area contributed by atoms with Crippen molar-refractivity contribution in [1.29, 1.82) is 0 Å². The van der Waals surface area contributed by atoms with Crippen molar-refractivity contribution < 1.29 is 0 Å². The number of anilines is 1. The number of rotatable bonds is 6. The molecule has 0 aliphatic heterocycles. The maximum Gasteiger partial charge on any atom is 0.0579 e. The monoisotopic (exact) mass is 270 g/mol. The lowest BCUT2D eigenvalue weighted by molar-refractivity contribution is 0.517. The molecule has 0 aliphatic carbocycles. The topological polar surface area (TPSA) is 63.8 Å². The van der Waals surface area contributed by atoms with Gasteiger partial charge in [-0.2, -0.15) is 0 Å². The molecule has 106 valence electrons. The number of pyridine rings is 2. The van der Waals surface area contributed by atoms with E-state index >= 15 is 0 Å². The van der Waals surface area contributed by atoms with Gasteiger partial charge in [-0.25, -0.2) is 0 Å². The van der Waals surface area contributed by atoms with Crippen molar-refractivity contribution in [2.45, 2.75) is 32.7 Å². The zero-order chi connectivity index (χ0) is 14.4. The number of hydrogen-bond acceptors (Lipinski definition) is 4. The minimum atomic E-state index is 0.168. The lowest BCUT2D eigenvalue weighted by Crippen LogP contribution is -2.25. The van der Waals surface area contributed by atoms with E-state index in [2.05, 4.69) is 35.2 Å². The largest absolute Gasteiger partial charge is 0.398 e. The highest BCUT2D eigenvalue weighted by atomic mass is 14.9. The Balaban J connectivity index is 2.21. The van der Waals surface area contributed by atoms with Crippen molar-refractivity contribution in [3.63, 3.8) is 0 Å². The first kappa shape index (κ1) is 14.5. The summed E-state index contributed by atoms with van der Waals surface area (Å²) in [7, 11) is 0. The van der Waals surface area contributed by atoms with Gasteiger partial charge in [0.25, 0.3) is 0 Å². The molecule has 1 unspecified atom stereocenters. The molecule has 2 heterocycles. The van der Waals surface area contributed by atoms with Crippen molar-refractivity contribution in [3.05, 3.63) is 53.6 Å². The molecule has 0 saturated carbocycles. The van der Waals surface area contributed by atoms with Gasteiger partial charge in [0.05, 0.1) is 11.7 Å². The van der Waals surface area contributed by atoms with Gasteiger partial charge in [0.2, 0.25) is 0 Å². The van der Waals surface area contributed by atoms with E-state index in [-0.39, 0.29) is 6.04 Å². The van der Waals surface area contributed by atoms with E-state index in [4.69, 9.17) is 5.73 Å². The summed E-state index contributed by atoms with van der Waals surface area (Å²) < 4.78 is 0. The van der Waals surface area contributed by atoms with Crippen molar-refractivity contribution in [3.8, 4) is 0 Å². The van der Waals surface area contributed by atoms with Gasteiger partial charge in [0.15, 0.2) is 0 Å². The third-order valence-corrected chi connectivity index (χ3v) is 3.30. The first-order valence-corrected chi connectivity index (χ1v) is 7.05. The molecule has 4 nitrogen and oxygen atoms in total. The van der Waals surface area contributed by atoms with E-state index in [1.807, 2.05) is 24.5 Å². The fraction of sp³-hybridized carbons (Fsp3) is 0.375. The summed E-state index contributed by atoms with van der Waals surface area (Å²) in [5, 5.41) is 3.54. The number of aromatic nitrogens is 2. The Hall–Kier alpha value is -1.94. The van der Waals surface area contributed by atoms with E-state index in [1.165, 1.54) is 5.56 Å². The van der Waals surface area contributed by atoms with Crippen molar-refractivity contribution in [1.82, 2.24) is 15.3 Å². The molecule has 1 atom stereocenters. The first-order valence-electron chi connectivity index (χ1n) is 7.05. The predicted octanol–water partition coefficient (Wildman–Crippen LogP) is 2.65. The predicted molar refractivity (Wildman–Crippen MR) is 82.4 cm³/mol. The fourth-order valence-electron chi connectivity index (χ4n) is 2.18. The van der Waals surface area contributed by atoms with Crippen LogP contribution in [0.15, 0.2) is 36.8 Å². The molecule has 2 aromatic rings. The minimum Gasteiger partial charge on any atom is -0.398 e. The van der Waals surface area contributed by atoms with E-state index in [1.54, 1.807) is 6.20 Å². The third kappa shape index (κ3) is 3.78. The number of nitrogen functional groups attached to an aromatic ring is 1. The van der Waals surface area contributed by atoms with Gasteiger partial charge >= 0.3 is 0 Å². The van der Waals surface area contributed by atoms with Crippen LogP contribution in [0.25, 0.3) is 0 Å². The average molecular weight is 270 g/mol. The highest BCUT2D eigenvalue weighted by Gasteiger charge is 2.14. The Morgan fingerprint density at radius 2 is 2.15 bits per heavy atom. The van der Waals surface area contributed by atoms with Gasteiger partial charge in [-0.1, -0.05) is 6.92 Å². The molecule has 3 N–H and O–H groups in total. The van der Waals surface area contributed by atoms with Crippen LogP contribution in [0.5, 0.6) is 0 Å². The molecule has 0 aliphatic rings. The standard InChI is InChI=1S/C16H22N4/c1-3-6-19-16(15-9-12(2)4-8-20-15)10-13-11-18-7-5-14(13)17/h4-5,7-9,11,16,19H,3,6,10H2,1-2H3,(H2,17,18). The second-order valence-electron chi connectivity index (χ2n) is 5.04. The summed E-state index contributed by atoms with van der Waals surface area (Å²) in [6, 6.07) is 6.15. The lowest BCUT2D eigenvalue weighted by Gasteiger charge is -2.19. The number of nitrogens with one attached hydrogen (secondary N) is 1. The minimum absolute atomic E-state index is 0.168. The van der Waals surface area contributed by atoms with Crippen molar-refractivity contribution >= 4 is 5.69 Å². The molecule has 4 heteroatoms. The molecule has 0 radical (unpaired) electrons. The molecular weight excluding hydrogens is 248 g/mol. The average Bonchev–Trinajstić information content (AvgIpc) is 2.45. The van der Waals surface area contributed by atoms with E-state index in [0.717, 1.165) is 36.3 Å². The zero-order valence-corrected chi connectivity index (χ0v) is 12.1. The Kier molecular flexibility index (Phi) is 5.07. The lowest BCUT2D eigenvalue weighted by atomic mass is 10.0. The molecule has 0 bridgehead atoms. The number of hydrogen-bond donors (Lipinski definition) is 2. The number of nitrogens with zero attached hydrogens (tertiary/aromatic N) is 2. The van der Waals surface area contributed by atoms with Crippen LogP contribution in [0.2, 0.25) is 0 Å². The van der Waals surface area contributed by atoms with Gasteiger partial charge in [-0.3, -0.25) is 9.97 Å². The van der Waals surface area contributed by atoms with Gasteiger partial charge in [0.1, 0.15) is 0 Å². The Bertz CT molecular complexity index is 554. The summed E-state index contributed by atoms with van der Waals surface area (Å²) >= 11 is 0. The molecule has 0 saturated heterocycles. The number of nitrogens with two attached hydrogens (primary N) is 1. The van der Waals surface area contributed by atoms with Gasteiger partial charge < -0.3 is 11.1 Å². The van der Waals surface area contributed by atoms with Crippen LogP contribution < -0.4 is 11.1 Å². The van der Waals surface area contributed by atoms with Crippen molar-refractivity contribution in [2.75, 3.05) is 12.3 Å². The SMILES string of the molecule is CCCNC(Cc1cnccc1N)c1cc(C)ccn1. The summed E-state index contributed by atoms with van der Waals surface area (Å²) in [4.78, 5) is 8.66. The molecule has 2 rings (SSSR count). The molecule has 0 amide bonds. The van der Waals surface area contributed by atoms with E-state index in [9.17, 15) is 0 Å². The van der Waals surface area contributed by atoms with E-state index in [0.29, 0.717) is 0 Å². The van der Waals surface area contributed by atoms with Gasteiger partial charge in [-0.15, -0.1) is 0 Å². The Labute approximate surface area is 120 Å². The maximum atomic E-state index is 6.02. The highest BCUT2D eigenvalue weighted by Crippen LogP contribution is 2.20. The zero-order valence-electron chi connectivity index (χ0n) is 12.1. The molecule has 0 spiro atoms. The van der Waals surface area contributed by atoms with Crippen LogP contribution in [0.1, 0.15) is 36.2 Å². The summed E-state index contributed by atoms with van der Waals surface area (Å²) in [6.07, 6.45) is 7.31. The van der Waals surface area contributed by atoms with Crippen LogP contribution in [0.4, 0.5) is 5.69 Å². The first-order chi connectivity index (χ1) is 9.70. The van der Waals surface area contributed by atoms with Crippen molar-refractivity contribution in [2.24, 2.45) is 0 Å². The van der Waals surface area contributed by atoms with Crippen LogP contribution in [-0.4, -0.2) is 16.5 Å². The molecular formula is C16H22N4. The Morgan fingerprint density at radius 1 is 1.30 bits per heavy atom. The third-order valence-electron chi connectivity index (χ3n) is 3.30. The normalized spacial score (nSPS) is 12.3. The molecule has 2 aromatic heterocycles. The van der Waals surface area contributed by atoms with Crippen LogP contribution in [-0.2, 0) is 6.42 Å². The number of aryl methyl sites for hydroxylation is 1. The Morgan fingerprint density at radius 3 is 2.85 bits per heavy atom.